The summed E-state index contributed by atoms with van der Waals surface area (Å²) in [6.07, 6.45) is 9.53. The van der Waals surface area contributed by atoms with Crippen LogP contribution in [-0.2, 0) is 6.42 Å². The second-order valence-corrected chi connectivity index (χ2v) is 2.97. The van der Waals surface area contributed by atoms with E-state index < -0.39 is 0 Å². The molecule has 0 heteroatoms. The Morgan fingerprint density at radius 3 is 2.54 bits per heavy atom. The third-order valence-corrected chi connectivity index (χ3v) is 1.97. The third kappa shape index (κ3) is 2.90. The highest BCUT2D eigenvalue weighted by molar-refractivity contribution is 5.53. The molecule has 0 unspecified atom stereocenters. The predicted molar refractivity (Wildman–Crippen MR) is 59.7 cm³/mol. The van der Waals surface area contributed by atoms with Crippen LogP contribution >= 0.6 is 0 Å². The van der Waals surface area contributed by atoms with Gasteiger partial charge in [-0.25, -0.2) is 0 Å². The summed E-state index contributed by atoms with van der Waals surface area (Å²) >= 11 is 0. The molecule has 0 aromatic heterocycles. The molecule has 0 nitrogen and oxygen atoms in total. The Morgan fingerprint density at radius 2 is 1.85 bits per heavy atom. The Balaban J connectivity index is 2.90. The van der Waals surface area contributed by atoms with Crippen molar-refractivity contribution in [2.24, 2.45) is 0 Å². The Labute approximate surface area is 80.6 Å². The second kappa shape index (κ2) is 5.36. The van der Waals surface area contributed by atoms with Gasteiger partial charge in [0.25, 0.3) is 0 Å². The average molecular weight is 172 g/mol. The Hall–Kier alpha value is -1.30. The summed E-state index contributed by atoms with van der Waals surface area (Å²) in [5.41, 5.74) is 2.71. The first kappa shape index (κ1) is 9.79. The van der Waals surface area contributed by atoms with E-state index in [1.165, 1.54) is 11.1 Å². The van der Waals surface area contributed by atoms with Crippen molar-refractivity contribution in [1.29, 1.82) is 0 Å². The molecular formula is C13H16. The van der Waals surface area contributed by atoms with Crippen molar-refractivity contribution in [3.8, 4) is 0 Å². The standard InChI is InChI=1S/C13H16/c1-3-5-9-13-11-7-6-10-12(13)8-4-2/h3-8,10-11H,9H2,1-2H3. The van der Waals surface area contributed by atoms with Gasteiger partial charge in [0, 0.05) is 0 Å². The molecule has 0 aliphatic heterocycles. The highest BCUT2D eigenvalue weighted by Gasteiger charge is 1.94. The molecule has 68 valence electrons. The number of hydrogen-bond donors (Lipinski definition) is 0. The SMILES string of the molecule is CC=CCc1ccccc1C=CC. The van der Waals surface area contributed by atoms with Crippen molar-refractivity contribution in [3.63, 3.8) is 0 Å². The van der Waals surface area contributed by atoms with Crippen molar-refractivity contribution in [1.82, 2.24) is 0 Å². The lowest BCUT2D eigenvalue weighted by Gasteiger charge is -2.01. The molecule has 0 heterocycles. The van der Waals surface area contributed by atoms with Gasteiger partial charge in [-0.3, -0.25) is 0 Å². The van der Waals surface area contributed by atoms with E-state index in [2.05, 4.69) is 55.5 Å². The van der Waals surface area contributed by atoms with Crippen LogP contribution in [0.25, 0.3) is 6.08 Å². The molecule has 1 aromatic rings. The van der Waals surface area contributed by atoms with E-state index in [0.717, 1.165) is 6.42 Å². The van der Waals surface area contributed by atoms with Gasteiger partial charge in [0.1, 0.15) is 0 Å². The topological polar surface area (TPSA) is 0 Å². The summed E-state index contributed by atoms with van der Waals surface area (Å²) in [6, 6.07) is 8.49. The maximum Gasteiger partial charge on any atom is -0.00916 e. The lowest BCUT2D eigenvalue weighted by molar-refractivity contribution is 1.25. The van der Waals surface area contributed by atoms with Crippen molar-refractivity contribution in [3.05, 3.63) is 53.6 Å². The van der Waals surface area contributed by atoms with Gasteiger partial charge < -0.3 is 0 Å². The molecule has 0 atom stereocenters. The molecule has 0 N–H and O–H groups in total. The smallest absolute Gasteiger partial charge is 0.00916 e. The molecule has 0 bridgehead atoms. The van der Waals surface area contributed by atoms with Gasteiger partial charge in [-0.1, -0.05) is 48.6 Å². The van der Waals surface area contributed by atoms with Crippen molar-refractivity contribution in [2.75, 3.05) is 0 Å². The Morgan fingerprint density at radius 1 is 1.08 bits per heavy atom. The first-order valence-corrected chi connectivity index (χ1v) is 4.70. The Kier molecular flexibility index (Phi) is 4.04. The highest BCUT2D eigenvalue weighted by atomic mass is 14.0. The van der Waals surface area contributed by atoms with Crippen LogP contribution in [0.15, 0.2) is 42.5 Å². The fraction of sp³-hybridized carbons (Fsp3) is 0.231. The minimum atomic E-state index is 1.02. The third-order valence-electron chi connectivity index (χ3n) is 1.97. The summed E-state index contributed by atoms with van der Waals surface area (Å²) in [5.74, 6) is 0. The predicted octanol–water partition coefficient (Wildman–Crippen LogP) is 3.84. The molecule has 0 radical (unpaired) electrons. The molecule has 0 spiro atoms. The van der Waals surface area contributed by atoms with Crippen molar-refractivity contribution < 1.29 is 0 Å². The van der Waals surface area contributed by atoms with Gasteiger partial charge in [0.15, 0.2) is 0 Å². The van der Waals surface area contributed by atoms with E-state index >= 15 is 0 Å². The Bertz CT molecular complexity index is 306. The van der Waals surface area contributed by atoms with Crippen LogP contribution in [0.5, 0.6) is 0 Å². The van der Waals surface area contributed by atoms with Crippen LogP contribution in [0.4, 0.5) is 0 Å². The first-order valence-electron chi connectivity index (χ1n) is 4.70. The number of rotatable bonds is 3. The van der Waals surface area contributed by atoms with Crippen molar-refractivity contribution in [2.45, 2.75) is 20.3 Å². The second-order valence-electron chi connectivity index (χ2n) is 2.97. The lowest BCUT2D eigenvalue weighted by Crippen LogP contribution is -1.85. The van der Waals surface area contributed by atoms with Gasteiger partial charge in [-0.2, -0.15) is 0 Å². The van der Waals surface area contributed by atoms with Crippen LogP contribution in [0.2, 0.25) is 0 Å². The molecule has 0 amide bonds. The minimum Gasteiger partial charge on any atom is -0.0913 e. The van der Waals surface area contributed by atoms with Gasteiger partial charge in [-0.05, 0) is 31.4 Å². The molecule has 13 heavy (non-hydrogen) atoms. The van der Waals surface area contributed by atoms with Crippen molar-refractivity contribution >= 4 is 6.08 Å². The molecule has 1 aromatic carbocycles. The van der Waals surface area contributed by atoms with Gasteiger partial charge >= 0.3 is 0 Å². The number of hydrogen-bond acceptors (Lipinski definition) is 0. The fourth-order valence-corrected chi connectivity index (χ4v) is 1.31. The number of allylic oxidation sites excluding steroid dienone is 3. The zero-order chi connectivity index (χ0) is 9.52. The van der Waals surface area contributed by atoms with Gasteiger partial charge in [0.05, 0.1) is 0 Å². The van der Waals surface area contributed by atoms with Gasteiger partial charge in [-0.15, -0.1) is 0 Å². The fourth-order valence-electron chi connectivity index (χ4n) is 1.31. The van der Waals surface area contributed by atoms with Crippen LogP contribution in [0, 0.1) is 0 Å². The van der Waals surface area contributed by atoms with E-state index in [9.17, 15) is 0 Å². The molecule has 0 aliphatic carbocycles. The monoisotopic (exact) mass is 172 g/mol. The van der Waals surface area contributed by atoms with Crippen LogP contribution in [0.1, 0.15) is 25.0 Å². The van der Waals surface area contributed by atoms with Crippen LogP contribution in [0.3, 0.4) is 0 Å². The summed E-state index contributed by atoms with van der Waals surface area (Å²) in [7, 11) is 0. The zero-order valence-corrected chi connectivity index (χ0v) is 8.33. The molecular weight excluding hydrogens is 156 g/mol. The maximum absolute atomic E-state index is 2.18. The average Bonchev–Trinajstić information content (AvgIpc) is 2.17. The molecule has 0 saturated heterocycles. The highest BCUT2D eigenvalue weighted by Crippen LogP contribution is 2.11. The van der Waals surface area contributed by atoms with E-state index in [1.807, 2.05) is 6.92 Å². The largest absolute Gasteiger partial charge is 0.0913 e. The molecule has 0 saturated carbocycles. The molecule has 1 rings (SSSR count). The normalized spacial score (nSPS) is 11.5. The molecule has 0 fully saturated rings. The number of benzene rings is 1. The minimum absolute atomic E-state index is 1.02. The van der Waals surface area contributed by atoms with E-state index in [-0.39, 0.29) is 0 Å². The molecule has 0 aliphatic rings. The van der Waals surface area contributed by atoms with E-state index in [1.54, 1.807) is 0 Å². The summed E-state index contributed by atoms with van der Waals surface area (Å²) in [6.45, 7) is 4.10. The first-order chi connectivity index (χ1) is 6.38. The summed E-state index contributed by atoms with van der Waals surface area (Å²) in [4.78, 5) is 0. The quantitative estimate of drug-likeness (QED) is 0.608. The lowest BCUT2D eigenvalue weighted by atomic mass is 10.0. The van der Waals surface area contributed by atoms with Gasteiger partial charge in [0.2, 0.25) is 0 Å². The van der Waals surface area contributed by atoms with Crippen LogP contribution < -0.4 is 0 Å². The van der Waals surface area contributed by atoms with E-state index in [0.29, 0.717) is 0 Å². The zero-order valence-electron chi connectivity index (χ0n) is 8.33. The van der Waals surface area contributed by atoms with Crippen LogP contribution in [-0.4, -0.2) is 0 Å². The summed E-state index contributed by atoms with van der Waals surface area (Å²) in [5, 5.41) is 0. The summed E-state index contributed by atoms with van der Waals surface area (Å²) < 4.78 is 0. The van der Waals surface area contributed by atoms with E-state index in [4.69, 9.17) is 0 Å². The maximum atomic E-state index is 2.18.